The number of nitrogens with zero attached hydrogens (tertiary/aromatic N) is 5. The largest absolute Gasteiger partial charge is 0.318 e. The molecular weight excluding hydrogens is 304 g/mol. The summed E-state index contributed by atoms with van der Waals surface area (Å²) in [5.74, 6) is -0.257. The van der Waals surface area contributed by atoms with Gasteiger partial charge in [-0.25, -0.2) is 4.98 Å². The molecule has 0 bridgehead atoms. The maximum absolute atomic E-state index is 12.4. The molecule has 7 nitrogen and oxygen atoms in total. The number of hydrogen-bond acceptors (Lipinski definition) is 4. The molecule has 0 aromatic carbocycles. The van der Waals surface area contributed by atoms with Gasteiger partial charge >= 0.3 is 0 Å². The van der Waals surface area contributed by atoms with Crippen LogP contribution >= 0.6 is 0 Å². The number of carbonyl (C=O) groups is 1. The highest BCUT2D eigenvalue weighted by molar-refractivity contribution is 6.07. The lowest BCUT2D eigenvalue weighted by atomic mass is 10.3. The second-order valence-electron chi connectivity index (χ2n) is 5.32. The van der Waals surface area contributed by atoms with Crippen molar-refractivity contribution in [2.24, 2.45) is 0 Å². The molecule has 0 aliphatic carbocycles. The van der Waals surface area contributed by atoms with E-state index in [2.05, 4.69) is 20.4 Å². The van der Waals surface area contributed by atoms with Gasteiger partial charge in [-0.1, -0.05) is 6.07 Å². The zero-order valence-electron chi connectivity index (χ0n) is 12.7. The van der Waals surface area contributed by atoms with Crippen molar-refractivity contribution in [1.29, 1.82) is 0 Å². The lowest BCUT2D eigenvalue weighted by Gasteiger charge is -2.01. The van der Waals surface area contributed by atoms with Crippen LogP contribution in [0.25, 0.3) is 5.52 Å². The molecule has 4 aromatic heterocycles. The molecule has 0 fully saturated rings. The predicted molar refractivity (Wildman–Crippen MR) is 88.7 cm³/mol. The van der Waals surface area contributed by atoms with Crippen molar-refractivity contribution in [1.82, 2.24) is 24.1 Å². The highest BCUT2D eigenvalue weighted by atomic mass is 16.1. The molecular formula is C17H14N6O. The van der Waals surface area contributed by atoms with Gasteiger partial charge in [0.25, 0.3) is 5.91 Å². The number of nitrogens with one attached hydrogen (secondary N) is 1. The van der Waals surface area contributed by atoms with E-state index >= 15 is 0 Å². The van der Waals surface area contributed by atoms with Crippen LogP contribution in [0.2, 0.25) is 0 Å². The Morgan fingerprint density at radius 3 is 2.92 bits per heavy atom. The highest BCUT2D eigenvalue weighted by Crippen LogP contribution is 2.13. The van der Waals surface area contributed by atoms with Gasteiger partial charge in [-0.3, -0.25) is 14.5 Å². The summed E-state index contributed by atoms with van der Waals surface area (Å²) in [6, 6.07) is 9.48. The Hall–Kier alpha value is -3.48. The smallest absolute Gasteiger partial charge is 0.276 e. The molecule has 1 amide bonds. The summed E-state index contributed by atoms with van der Waals surface area (Å²) in [5, 5.41) is 7.10. The van der Waals surface area contributed by atoms with Gasteiger partial charge in [0, 0.05) is 24.8 Å². The van der Waals surface area contributed by atoms with Crippen molar-refractivity contribution in [2.45, 2.75) is 6.54 Å². The van der Waals surface area contributed by atoms with Crippen LogP contribution < -0.4 is 5.32 Å². The second kappa shape index (κ2) is 5.96. The summed E-state index contributed by atoms with van der Waals surface area (Å²) in [6.45, 7) is 0.617. The van der Waals surface area contributed by atoms with Crippen LogP contribution in [0.1, 0.15) is 16.1 Å². The summed E-state index contributed by atoms with van der Waals surface area (Å²) in [6.07, 6.45) is 10.4. The molecule has 0 aliphatic rings. The number of carbonyl (C=O) groups excluding carboxylic acids is 1. The topological polar surface area (TPSA) is 77.1 Å². The molecule has 4 rings (SSSR count). The lowest BCUT2D eigenvalue weighted by molar-refractivity contribution is 0.102. The van der Waals surface area contributed by atoms with Gasteiger partial charge in [-0.2, -0.15) is 5.10 Å². The van der Waals surface area contributed by atoms with E-state index in [9.17, 15) is 4.79 Å². The van der Waals surface area contributed by atoms with Gasteiger partial charge in [0.2, 0.25) is 0 Å². The van der Waals surface area contributed by atoms with Gasteiger partial charge in [-0.15, -0.1) is 0 Å². The second-order valence-corrected chi connectivity index (χ2v) is 5.32. The number of imidazole rings is 1. The molecule has 118 valence electrons. The molecule has 0 atom stereocenters. The normalized spacial score (nSPS) is 10.8. The third-order valence-corrected chi connectivity index (χ3v) is 3.64. The maximum atomic E-state index is 12.4. The first-order chi connectivity index (χ1) is 11.8. The lowest BCUT2D eigenvalue weighted by Crippen LogP contribution is -2.12. The number of pyridine rings is 2. The molecule has 4 aromatic rings. The Labute approximate surface area is 137 Å². The van der Waals surface area contributed by atoms with E-state index in [1.165, 1.54) is 0 Å². The minimum absolute atomic E-state index is 0.257. The molecule has 1 N–H and O–H groups in total. The first kappa shape index (κ1) is 14.1. The SMILES string of the molecule is O=C(Nc1cnn(Cc2ccncc2)c1)c1ncn2ccccc12. The van der Waals surface area contributed by atoms with Crippen molar-refractivity contribution in [3.63, 3.8) is 0 Å². The quantitative estimate of drug-likeness (QED) is 0.626. The molecule has 0 saturated carbocycles. The Morgan fingerprint density at radius 2 is 2.04 bits per heavy atom. The zero-order chi connectivity index (χ0) is 16.4. The fraction of sp³-hybridized carbons (Fsp3) is 0.0588. The molecule has 0 spiro atoms. The summed E-state index contributed by atoms with van der Waals surface area (Å²) in [7, 11) is 0. The molecule has 24 heavy (non-hydrogen) atoms. The van der Waals surface area contributed by atoms with Crippen LogP contribution in [-0.2, 0) is 6.54 Å². The summed E-state index contributed by atoms with van der Waals surface area (Å²) in [5.41, 5.74) is 2.87. The van der Waals surface area contributed by atoms with Crippen molar-refractivity contribution in [3.05, 3.63) is 78.9 Å². The molecule has 4 heterocycles. The van der Waals surface area contributed by atoms with Crippen LogP contribution in [0, 0.1) is 0 Å². The third-order valence-electron chi connectivity index (χ3n) is 3.64. The summed E-state index contributed by atoms with van der Waals surface area (Å²) >= 11 is 0. The van der Waals surface area contributed by atoms with Crippen molar-refractivity contribution in [2.75, 3.05) is 5.32 Å². The number of anilines is 1. The zero-order valence-corrected chi connectivity index (χ0v) is 12.7. The molecule has 0 saturated heterocycles. The molecule has 0 unspecified atom stereocenters. The van der Waals surface area contributed by atoms with E-state index in [0.29, 0.717) is 17.9 Å². The van der Waals surface area contributed by atoms with Crippen molar-refractivity contribution >= 4 is 17.1 Å². The fourth-order valence-electron chi connectivity index (χ4n) is 2.50. The number of aromatic nitrogens is 5. The third kappa shape index (κ3) is 2.74. The monoisotopic (exact) mass is 318 g/mol. The number of amides is 1. The Balaban J connectivity index is 1.50. The van der Waals surface area contributed by atoms with Gasteiger partial charge in [-0.05, 0) is 29.8 Å². The highest BCUT2D eigenvalue weighted by Gasteiger charge is 2.14. The van der Waals surface area contributed by atoms with Gasteiger partial charge in [0.1, 0.15) is 6.33 Å². The Bertz CT molecular complexity index is 988. The van der Waals surface area contributed by atoms with Gasteiger partial charge in [0.05, 0.1) is 23.9 Å². The number of fused-ring (bicyclic) bond motifs is 1. The molecule has 0 radical (unpaired) electrons. The average molecular weight is 318 g/mol. The summed E-state index contributed by atoms with van der Waals surface area (Å²) < 4.78 is 3.57. The minimum atomic E-state index is -0.257. The molecule has 7 heteroatoms. The van der Waals surface area contributed by atoms with Crippen LogP contribution in [0.4, 0.5) is 5.69 Å². The number of rotatable bonds is 4. The fourth-order valence-corrected chi connectivity index (χ4v) is 2.50. The average Bonchev–Trinajstić information content (AvgIpc) is 3.22. The first-order valence-electron chi connectivity index (χ1n) is 7.44. The van der Waals surface area contributed by atoms with E-state index in [1.54, 1.807) is 35.8 Å². The van der Waals surface area contributed by atoms with Gasteiger partial charge < -0.3 is 9.72 Å². The summed E-state index contributed by atoms with van der Waals surface area (Å²) in [4.78, 5) is 20.6. The Kier molecular flexibility index (Phi) is 3.51. The predicted octanol–water partition coefficient (Wildman–Crippen LogP) is 2.23. The van der Waals surface area contributed by atoms with Crippen LogP contribution in [0.3, 0.4) is 0 Å². The van der Waals surface area contributed by atoms with E-state index in [4.69, 9.17) is 0 Å². The Morgan fingerprint density at radius 1 is 1.17 bits per heavy atom. The van der Waals surface area contributed by atoms with Crippen LogP contribution in [0.5, 0.6) is 0 Å². The maximum Gasteiger partial charge on any atom is 0.276 e. The van der Waals surface area contributed by atoms with Crippen LogP contribution in [-0.4, -0.2) is 30.1 Å². The van der Waals surface area contributed by atoms with E-state index in [1.807, 2.05) is 40.9 Å². The van der Waals surface area contributed by atoms with Crippen molar-refractivity contribution < 1.29 is 4.79 Å². The molecule has 0 aliphatic heterocycles. The standard InChI is InChI=1S/C17H14N6O/c24-17(16-15-3-1-2-8-22(15)12-19-16)21-14-9-20-23(11-14)10-13-4-6-18-7-5-13/h1-9,11-12H,10H2,(H,21,24). The number of hydrogen-bond donors (Lipinski definition) is 1. The van der Waals surface area contributed by atoms with Crippen LogP contribution in [0.15, 0.2) is 67.6 Å². The first-order valence-corrected chi connectivity index (χ1v) is 7.44. The minimum Gasteiger partial charge on any atom is -0.318 e. The van der Waals surface area contributed by atoms with E-state index in [0.717, 1.165) is 11.1 Å². The van der Waals surface area contributed by atoms with E-state index < -0.39 is 0 Å². The van der Waals surface area contributed by atoms with Gasteiger partial charge in [0.15, 0.2) is 5.69 Å². The van der Waals surface area contributed by atoms with Crippen molar-refractivity contribution in [3.8, 4) is 0 Å². The van der Waals surface area contributed by atoms with E-state index in [-0.39, 0.29) is 5.91 Å².